The Morgan fingerprint density at radius 1 is 0.714 bits per heavy atom. The Labute approximate surface area is 134 Å². The van der Waals surface area contributed by atoms with Gasteiger partial charge in [-0.2, -0.15) is 0 Å². The highest BCUT2D eigenvalue weighted by atomic mass is 16.5. The van der Waals surface area contributed by atoms with E-state index in [-0.39, 0.29) is 0 Å². The topological polar surface area (TPSA) is 21.3 Å². The van der Waals surface area contributed by atoms with Gasteiger partial charge < -0.3 is 10.1 Å². The number of rotatable bonds is 17. The molecular formula is C19H41NO. The summed E-state index contributed by atoms with van der Waals surface area (Å²) in [6.07, 6.45) is 16.4. The molecular weight excluding hydrogens is 258 g/mol. The lowest BCUT2D eigenvalue weighted by Crippen LogP contribution is -2.30. The molecule has 0 aromatic heterocycles. The van der Waals surface area contributed by atoms with E-state index in [1.165, 1.54) is 77.0 Å². The van der Waals surface area contributed by atoms with E-state index in [0.29, 0.717) is 6.04 Å². The monoisotopic (exact) mass is 299 g/mol. The fourth-order valence-electron chi connectivity index (χ4n) is 2.80. The molecule has 0 radical (unpaired) electrons. The number of ether oxygens (including phenoxy) is 1. The second-order valence-corrected chi connectivity index (χ2v) is 6.25. The largest absolute Gasteiger partial charge is 0.382 e. The van der Waals surface area contributed by atoms with Crippen LogP contribution in [-0.2, 0) is 4.74 Å². The van der Waals surface area contributed by atoms with Crippen molar-refractivity contribution in [1.29, 1.82) is 0 Å². The number of nitrogens with one attached hydrogen (secondary N) is 1. The quantitative estimate of drug-likeness (QED) is 0.348. The van der Waals surface area contributed by atoms with Crippen molar-refractivity contribution in [2.75, 3.05) is 19.8 Å². The van der Waals surface area contributed by atoms with Crippen LogP contribution >= 0.6 is 0 Å². The maximum Gasteiger partial charge on any atom is 0.0466 e. The van der Waals surface area contributed by atoms with Gasteiger partial charge in [0.2, 0.25) is 0 Å². The van der Waals surface area contributed by atoms with Gasteiger partial charge in [-0.05, 0) is 39.2 Å². The highest BCUT2D eigenvalue weighted by molar-refractivity contribution is 4.67. The highest BCUT2D eigenvalue weighted by Crippen LogP contribution is 2.12. The van der Waals surface area contributed by atoms with Crippen molar-refractivity contribution in [2.24, 2.45) is 0 Å². The predicted octanol–water partition coefficient (Wildman–Crippen LogP) is 5.70. The molecule has 128 valence electrons. The van der Waals surface area contributed by atoms with Crippen LogP contribution in [0.3, 0.4) is 0 Å². The van der Waals surface area contributed by atoms with Gasteiger partial charge >= 0.3 is 0 Å². The molecule has 1 atom stereocenters. The molecule has 1 N–H and O–H groups in total. The van der Waals surface area contributed by atoms with Gasteiger partial charge in [0.15, 0.2) is 0 Å². The van der Waals surface area contributed by atoms with Crippen LogP contribution in [0, 0.1) is 0 Å². The third-order valence-corrected chi connectivity index (χ3v) is 4.13. The lowest BCUT2D eigenvalue weighted by atomic mass is 10.0. The van der Waals surface area contributed by atoms with Crippen LogP contribution in [0.1, 0.15) is 97.8 Å². The molecule has 0 spiro atoms. The Morgan fingerprint density at radius 3 is 1.95 bits per heavy atom. The highest BCUT2D eigenvalue weighted by Gasteiger charge is 2.07. The molecule has 0 rings (SSSR count). The van der Waals surface area contributed by atoms with Crippen LogP contribution in [-0.4, -0.2) is 25.8 Å². The Kier molecular flexibility index (Phi) is 17.9. The number of hydrogen-bond acceptors (Lipinski definition) is 2. The maximum absolute atomic E-state index is 5.45. The van der Waals surface area contributed by atoms with Crippen LogP contribution in [0.4, 0.5) is 0 Å². The van der Waals surface area contributed by atoms with E-state index in [1.54, 1.807) is 0 Å². The first kappa shape index (κ1) is 20.9. The summed E-state index contributed by atoms with van der Waals surface area (Å²) >= 11 is 0. The van der Waals surface area contributed by atoms with Crippen LogP contribution in [0.2, 0.25) is 0 Å². The van der Waals surface area contributed by atoms with Gasteiger partial charge in [-0.15, -0.1) is 0 Å². The molecule has 2 heteroatoms. The zero-order valence-corrected chi connectivity index (χ0v) is 15.1. The van der Waals surface area contributed by atoms with Crippen molar-refractivity contribution >= 4 is 0 Å². The van der Waals surface area contributed by atoms with Gasteiger partial charge in [-0.25, -0.2) is 0 Å². The molecule has 0 aromatic carbocycles. The van der Waals surface area contributed by atoms with Gasteiger partial charge in [0.25, 0.3) is 0 Å². The molecule has 21 heavy (non-hydrogen) atoms. The molecule has 0 bridgehead atoms. The summed E-state index contributed by atoms with van der Waals surface area (Å²) in [6.45, 7) is 9.56. The first-order valence-corrected chi connectivity index (χ1v) is 9.66. The summed E-state index contributed by atoms with van der Waals surface area (Å²) in [5.74, 6) is 0. The summed E-state index contributed by atoms with van der Waals surface area (Å²) in [5, 5.41) is 3.71. The molecule has 0 heterocycles. The lowest BCUT2D eigenvalue weighted by Gasteiger charge is -2.18. The molecule has 0 saturated heterocycles. The smallest absolute Gasteiger partial charge is 0.0466 e. The number of hydrogen-bond donors (Lipinski definition) is 1. The minimum Gasteiger partial charge on any atom is -0.382 e. The van der Waals surface area contributed by atoms with Gasteiger partial charge in [-0.1, -0.05) is 65.2 Å². The SMILES string of the molecule is CCCCCCCCCCC(CCCOCC)NCCC. The summed E-state index contributed by atoms with van der Waals surface area (Å²) in [5.41, 5.74) is 0. The third kappa shape index (κ3) is 16.1. The maximum atomic E-state index is 5.45. The Balaban J connectivity index is 3.51. The van der Waals surface area contributed by atoms with Crippen LogP contribution < -0.4 is 5.32 Å². The molecule has 0 aliphatic carbocycles. The third-order valence-electron chi connectivity index (χ3n) is 4.13. The van der Waals surface area contributed by atoms with Crippen LogP contribution in [0.25, 0.3) is 0 Å². The Bertz CT molecular complexity index is 184. The molecule has 2 nitrogen and oxygen atoms in total. The van der Waals surface area contributed by atoms with E-state index in [1.807, 2.05) is 0 Å². The Hall–Kier alpha value is -0.0800. The minimum atomic E-state index is 0.713. The standard InChI is InChI=1S/C19H41NO/c1-4-7-8-9-10-11-12-13-15-19(20-17-5-2)16-14-18-21-6-3/h19-20H,4-18H2,1-3H3. The first-order valence-electron chi connectivity index (χ1n) is 9.66. The van der Waals surface area contributed by atoms with Gasteiger partial charge in [0.1, 0.15) is 0 Å². The number of unbranched alkanes of at least 4 members (excludes halogenated alkanes) is 7. The van der Waals surface area contributed by atoms with E-state index >= 15 is 0 Å². The molecule has 0 fully saturated rings. The molecule has 0 aromatic rings. The van der Waals surface area contributed by atoms with Crippen molar-refractivity contribution in [1.82, 2.24) is 5.32 Å². The van der Waals surface area contributed by atoms with Gasteiger partial charge in [0.05, 0.1) is 0 Å². The van der Waals surface area contributed by atoms with E-state index in [4.69, 9.17) is 4.74 Å². The predicted molar refractivity (Wildman–Crippen MR) is 95.0 cm³/mol. The Morgan fingerprint density at radius 2 is 1.33 bits per heavy atom. The molecule has 0 amide bonds. The summed E-state index contributed by atoms with van der Waals surface area (Å²) < 4.78 is 5.45. The fraction of sp³-hybridized carbons (Fsp3) is 1.00. The molecule has 1 unspecified atom stereocenters. The van der Waals surface area contributed by atoms with E-state index < -0.39 is 0 Å². The van der Waals surface area contributed by atoms with Crippen LogP contribution in [0.5, 0.6) is 0 Å². The fourth-order valence-corrected chi connectivity index (χ4v) is 2.80. The average molecular weight is 300 g/mol. The molecule has 0 aliphatic heterocycles. The second kappa shape index (κ2) is 18.0. The summed E-state index contributed by atoms with van der Waals surface area (Å²) in [6, 6.07) is 0.713. The van der Waals surface area contributed by atoms with Crippen molar-refractivity contribution in [3.05, 3.63) is 0 Å². The lowest BCUT2D eigenvalue weighted by molar-refractivity contribution is 0.140. The van der Waals surface area contributed by atoms with Crippen molar-refractivity contribution in [3.63, 3.8) is 0 Å². The second-order valence-electron chi connectivity index (χ2n) is 6.25. The van der Waals surface area contributed by atoms with Crippen molar-refractivity contribution < 1.29 is 4.74 Å². The van der Waals surface area contributed by atoms with Crippen LogP contribution in [0.15, 0.2) is 0 Å². The van der Waals surface area contributed by atoms with E-state index in [2.05, 4.69) is 26.1 Å². The van der Waals surface area contributed by atoms with Gasteiger partial charge in [0, 0.05) is 19.3 Å². The van der Waals surface area contributed by atoms with E-state index in [9.17, 15) is 0 Å². The van der Waals surface area contributed by atoms with Crippen molar-refractivity contribution in [3.8, 4) is 0 Å². The average Bonchev–Trinajstić information content (AvgIpc) is 2.50. The zero-order valence-electron chi connectivity index (χ0n) is 15.1. The van der Waals surface area contributed by atoms with E-state index in [0.717, 1.165) is 19.8 Å². The first-order chi connectivity index (χ1) is 10.3. The van der Waals surface area contributed by atoms with Gasteiger partial charge in [-0.3, -0.25) is 0 Å². The molecule has 0 saturated carbocycles. The summed E-state index contributed by atoms with van der Waals surface area (Å²) in [4.78, 5) is 0. The minimum absolute atomic E-state index is 0.713. The normalized spacial score (nSPS) is 12.7. The molecule has 0 aliphatic rings. The van der Waals surface area contributed by atoms with Crippen molar-refractivity contribution in [2.45, 2.75) is 104 Å². The summed E-state index contributed by atoms with van der Waals surface area (Å²) in [7, 11) is 0. The zero-order chi connectivity index (χ0) is 15.6.